The fourth-order valence-corrected chi connectivity index (χ4v) is 1.91. The van der Waals surface area contributed by atoms with Crippen LogP contribution in [0.15, 0.2) is 54.6 Å². The molecule has 2 heteroatoms. The van der Waals surface area contributed by atoms with Crippen LogP contribution in [0.3, 0.4) is 0 Å². The molecule has 2 aromatic carbocycles. The molecule has 0 aliphatic heterocycles. The molecule has 0 atom stereocenters. The smallest absolute Gasteiger partial charge is 0.193 e. The summed E-state index contributed by atoms with van der Waals surface area (Å²) >= 11 is 0. The maximum Gasteiger partial charge on any atom is 0.193 e. The third-order valence-electron chi connectivity index (χ3n) is 3.04. The summed E-state index contributed by atoms with van der Waals surface area (Å²) < 4.78 is 0. The molecule has 0 saturated heterocycles. The maximum atomic E-state index is 12.2. The van der Waals surface area contributed by atoms with Gasteiger partial charge in [0.15, 0.2) is 5.78 Å². The zero-order valence-electron chi connectivity index (χ0n) is 11.2. The van der Waals surface area contributed by atoms with Gasteiger partial charge >= 0.3 is 0 Å². The van der Waals surface area contributed by atoms with Gasteiger partial charge in [-0.2, -0.15) is 0 Å². The molecular formula is C17H19NO. The Hall–Kier alpha value is -2.09. The number of unbranched alkanes of at least 4 members (excludes halogenated alkanes) is 1. The van der Waals surface area contributed by atoms with Gasteiger partial charge in [0.2, 0.25) is 0 Å². The molecule has 2 nitrogen and oxygen atoms in total. The normalized spacial score (nSPS) is 10.2. The summed E-state index contributed by atoms with van der Waals surface area (Å²) in [7, 11) is 0. The van der Waals surface area contributed by atoms with E-state index in [0.29, 0.717) is 0 Å². The summed E-state index contributed by atoms with van der Waals surface area (Å²) in [6.45, 7) is 3.14. The van der Waals surface area contributed by atoms with Crippen molar-refractivity contribution in [3.05, 3.63) is 65.7 Å². The average Bonchev–Trinajstić information content (AvgIpc) is 2.48. The zero-order chi connectivity index (χ0) is 13.5. The molecule has 0 aliphatic carbocycles. The molecule has 0 saturated carbocycles. The topological polar surface area (TPSA) is 29.1 Å². The number of carbonyl (C=O) groups excluding carboxylic acids is 1. The first kappa shape index (κ1) is 13.3. The molecule has 0 heterocycles. The number of rotatable bonds is 6. The summed E-state index contributed by atoms with van der Waals surface area (Å²) in [5.41, 5.74) is 2.53. The number of ketones is 1. The van der Waals surface area contributed by atoms with Gasteiger partial charge in [-0.3, -0.25) is 4.79 Å². The Morgan fingerprint density at radius 2 is 1.58 bits per heavy atom. The van der Waals surface area contributed by atoms with Gasteiger partial charge in [-0.05, 0) is 30.7 Å². The highest BCUT2D eigenvalue weighted by Gasteiger charge is 2.07. The van der Waals surface area contributed by atoms with Crippen LogP contribution in [0.5, 0.6) is 0 Å². The summed E-state index contributed by atoms with van der Waals surface area (Å²) in [5.74, 6) is 0.0701. The van der Waals surface area contributed by atoms with Crippen LogP contribution in [-0.4, -0.2) is 12.3 Å². The predicted molar refractivity (Wildman–Crippen MR) is 79.7 cm³/mol. The lowest BCUT2D eigenvalue weighted by molar-refractivity contribution is 0.103. The molecule has 2 aromatic rings. The fourth-order valence-electron chi connectivity index (χ4n) is 1.91. The highest BCUT2D eigenvalue weighted by Crippen LogP contribution is 2.13. The monoisotopic (exact) mass is 253 g/mol. The van der Waals surface area contributed by atoms with E-state index in [2.05, 4.69) is 12.2 Å². The Bertz CT molecular complexity index is 517. The van der Waals surface area contributed by atoms with E-state index >= 15 is 0 Å². The van der Waals surface area contributed by atoms with Gasteiger partial charge in [0.05, 0.1) is 0 Å². The Labute approximate surface area is 114 Å². The Balaban J connectivity index is 2.04. The molecule has 98 valence electrons. The number of nitrogens with one attached hydrogen (secondary N) is 1. The van der Waals surface area contributed by atoms with Crippen LogP contribution in [-0.2, 0) is 0 Å². The van der Waals surface area contributed by atoms with E-state index in [-0.39, 0.29) is 5.78 Å². The van der Waals surface area contributed by atoms with Gasteiger partial charge in [0, 0.05) is 23.4 Å². The van der Waals surface area contributed by atoms with Gasteiger partial charge in [-0.25, -0.2) is 0 Å². The number of benzene rings is 2. The molecule has 0 bridgehead atoms. The first-order valence-electron chi connectivity index (χ1n) is 6.75. The Morgan fingerprint density at radius 3 is 2.21 bits per heavy atom. The van der Waals surface area contributed by atoms with Crippen molar-refractivity contribution in [2.45, 2.75) is 19.8 Å². The zero-order valence-corrected chi connectivity index (χ0v) is 11.2. The highest BCUT2D eigenvalue weighted by atomic mass is 16.1. The minimum Gasteiger partial charge on any atom is -0.385 e. The fraction of sp³-hybridized carbons (Fsp3) is 0.235. The molecule has 2 rings (SSSR count). The van der Waals surface area contributed by atoms with E-state index in [1.54, 1.807) is 0 Å². The predicted octanol–water partition coefficient (Wildman–Crippen LogP) is 4.13. The molecule has 0 unspecified atom stereocenters. The molecule has 1 N–H and O–H groups in total. The molecular weight excluding hydrogens is 234 g/mol. The minimum absolute atomic E-state index is 0.0701. The third-order valence-corrected chi connectivity index (χ3v) is 3.04. The number of carbonyl (C=O) groups is 1. The van der Waals surface area contributed by atoms with E-state index in [1.807, 2.05) is 54.6 Å². The van der Waals surface area contributed by atoms with E-state index in [4.69, 9.17) is 0 Å². The van der Waals surface area contributed by atoms with Crippen LogP contribution in [0.25, 0.3) is 0 Å². The van der Waals surface area contributed by atoms with Crippen LogP contribution >= 0.6 is 0 Å². The lowest BCUT2D eigenvalue weighted by Crippen LogP contribution is -2.03. The molecule has 0 radical (unpaired) electrons. The highest BCUT2D eigenvalue weighted by molar-refractivity contribution is 6.09. The number of hydrogen-bond donors (Lipinski definition) is 1. The standard InChI is InChI=1S/C17H19NO/c1-2-3-13-18-16-11-9-15(10-12-16)17(19)14-7-5-4-6-8-14/h4-12,18H,2-3,13H2,1H3. The van der Waals surface area contributed by atoms with Crippen molar-refractivity contribution in [1.82, 2.24) is 0 Å². The maximum absolute atomic E-state index is 12.2. The van der Waals surface area contributed by atoms with Crippen LogP contribution < -0.4 is 5.32 Å². The van der Waals surface area contributed by atoms with Crippen molar-refractivity contribution < 1.29 is 4.79 Å². The first-order chi connectivity index (χ1) is 9.31. The SMILES string of the molecule is CCCCNc1ccc(C(=O)c2ccccc2)cc1. The second-order valence-corrected chi connectivity index (χ2v) is 4.55. The first-order valence-corrected chi connectivity index (χ1v) is 6.75. The van der Waals surface area contributed by atoms with Gasteiger partial charge in [0.25, 0.3) is 0 Å². The molecule has 0 aromatic heterocycles. The molecule has 0 aliphatic rings. The lowest BCUT2D eigenvalue weighted by atomic mass is 10.0. The van der Waals surface area contributed by atoms with Gasteiger partial charge in [0.1, 0.15) is 0 Å². The van der Waals surface area contributed by atoms with E-state index in [9.17, 15) is 4.79 Å². The van der Waals surface area contributed by atoms with E-state index in [1.165, 1.54) is 6.42 Å². The summed E-state index contributed by atoms with van der Waals surface area (Å²) in [6, 6.07) is 17.1. The Kier molecular flexibility index (Phi) is 4.73. The molecule has 0 fully saturated rings. The van der Waals surface area contributed by atoms with Crippen molar-refractivity contribution in [3.8, 4) is 0 Å². The van der Waals surface area contributed by atoms with Crippen molar-refractivity contribution in [2.24, 2.45) is 0 Å². The van der Waals surface area contributed by atoms with Crippen LogP contribution in [0.2, 0.25) is 0 Å². The van der Waals surface area contributed by atoms with Gasteiger partial charge in [-0.15, -0.1) is 0 Å². The second-order valence-electron chi connectivity index (χ2n) is 4.55. The van der Waals surface area contributed by atoms with Crippen LogP contribution in [0.4, 0.5) is 5.69 Å². The summed E-state index contributed by atoms with van der Waals surface area (Å²) in [6.07, 6.45) is 2.34. The minimum atomic E-state index is 0.0701. The third kappa shape index (κ3) is 3.68. The van der Waals surface area contributed by atoms with E-state index in [0.717, 1.165) is 29.8 Å². The van der Waals surface area contributed by atoms with Crippen molar-refractivity contribution in [1.29, 1.82) is 0 Å². The van der Waals surface area contributed by atoms with Crippen molar-refractivity contribution >= 4 is 11.5 Å². The lowest BCUT2D eigenvalue weighted by Gasteiger charge is -2.06. The molecule has 0 spiro atoms. The van der Waals surface area contributed by atoms with Crippen molar-refractivity contribution in [2.75, 3.05) is 11.9 Å². The van der Waals surface area contributed by atoms with E-state index < -0.39 is 0 Å². The van der Waals surface area contributed by atoms with Gasteiger partial charge in [-0.1, -0.05) is 43.7 Å². The molecule has 0 amide bonds. The number of anilines is 1. The summed E-state index contributed by atoms with van der Waals surface area (Å²) in [4.78, 5) is 12.2. The van der Waals surface area contributed by atoms with Gasteiger partial charge < -0.3 is 5.32 Å². The second kappa shape index (κ2) is 6.74. The van der Waals surface area contributed by atoms with Crippen molar-refractivity contribution in [3.63, 3.8) is 0 Å². The summed E-state index contributed by atoms with van der Waals surface area (Å²) in [5, 5.41) is 3.34. The quantitative estimate of drug-likeness (QED) is 0.619. The Morgan fingerprint density at radius 1 is 0.947 bits per heavy atom. The van der Waals surface area contributed by atoms with Crippen LogP contribution in [0.1, 0.15) is 35.7 Å². The van der Waals surface area contributed by atoms with Crippen LogP contribution in [0, 0.1) is 0 Å². The average molecular weight is 253 g/mol. The molecule has 19 heavy (non-hydrogen) atoms. The number of hydrogen-bond acceptors (Lipinski definition) is 2. The largest absolute Gasteiger partial charge is 0.385 e.